The van der Waals surface area contributed by atoms with Crippen LogP contribution in [0.3, 0.4) is 0 Å². The lowest BCUT2D eigenvalue weighted by Gasteiger charge is -2.05. The van der Waals surface area contributed by atoms with Crippen LogP contribution < -0.4 is 4.74 Å². The molecule has 1 aromatic carbocycles. The van der Waals surface area contributed by atoms with E-state index in [1.807, 2.05) is 0 Å². The first-order valence-electron chi connectivity index (χ1n) is 4.05. The van der Waals surface area contributed by atoms with Crippen LogP contribution in [0.1, 0.15) is 5.56 Å². The fraction of sp³-hybridized carbons (Fsp3) is 0.100. The molecule has 15 heavy (non-hydrogen) atoms. The van der Waals surface area contributed by atoms with E-state index < -0.39 is 11.7 Å². The molecule has 0 aromatic heterocycles. The van der Waals surface area contributed by atoms with Gasteiger partial charge >= 0.3 is 5.97 Å². The van der Waals surface area contributed by atoms with E-state index in [-0.39, 0.29) is 17.1 Å². The monoisotopic (exact) mass is 210 g/mol. The number of ether oxygens (including phenoxy) is 1. The molecule has 0 fully saturated rings. The topological polar surface area (TPSA) is 87.0 Å². The number of methoxy groups -OCH3 is 1. The number of aromatic hydroxyl groups is 1. The molecule has 0 heterocycles. The number of carbonyl (C=O) groups is 1. The third-order valence-electron chi connectivity index (χ3n) is 1.74. The van der Waals surface area contributed by atoms with Crippen molar-refractivity contribution < 1.29 is 24.9 Å². The number of aliphatic hydroxyl groups is 1. The van der Waals surface area contributed by atoms with E-state index in [1.165, 1.54) is 25.3 Å². The summed E-state index contributed by atoms with van der Waals surface area (Å²) in [6.45, 7) is 0. The molecule has 1 aromatic rings. The maximum atomic E-state index is 10.3. The van der Waals surface area contributed by atoms with E-state index in [4.69, 9.17) is 9.84 Å². The lowest BCUT2D eigenvalue weighted by Crippen LogP contribution is -1.92. The molecule has 5 nitrogen and oxygen atoms in total. The summed E-state index contributed by atoms with van der Waals surface area (Å²) in [6.07, 6.45) is 0.659. The Labute approximate surface area is 85.9 Å². The van der Waals surface area contributed by atoms with Crippen LogP contribution in [0, 0.1) is 0 Å². The Bertz CT molecular complexity index is 408. The molecule has 1 rings (SSSR count). The molecule has 0 spiro atoms. The second-order valence-electron chi connectivity index (χ2n) is 2.75. The number of hydrogen-bond acceptors (Lipinski definition) is 4. The number of benzene rings is 1. The number of rotatable bonds is 3. The van der Waals surface area contributed by atoms with Gasteiger partial charge in [0.05, 0.1) is 13.2 Å². The van der Waals surface area contributed by atoms with Crippen molar-refractivity contribution in [2.24, 2.45) is 0 Å². The molecular weight excluding hydrogens is 200 g/mol. The van der Waals surface area contributed by atoms with Gasteiger partial charge in [0, 0.05) is 5.56 Å². The van der Waals surface area contributed by atoms with Crippen LogP contribution in [0.4, 0.5) is 0 Å². The molecule has 80 valence electrons. The normalized spacial score (nSPS) is 11.1. The van der Waals surface area contributed by atoms with E-state index >= 15 is 0 Å². The van der Waals surface area contributed by atoms with E-state index in [1.54, 1.807) is 0 Å². The largest absolute Gasteiger partial charge is 0.507 e. The number of carboxylic acids is 1. The third kappa shape index (κ3) is 2.63. The van der Waals surface area contributed by atoms with Gasteiger partial charge in [-0.1, -0.05) is 0 Å². The number of aliphatic carboxylic acids is 1. The van der Waals surface area contributed by atoms with Gasteiger partial charge in [0.1, 0.15) is 5.76 Å². The Hall–Kier alpha value is -2.17. The predicted octanol–water partition coefficient (Wildman–Crippen LogP) is 1.38. The molecule has 0 amide bonds. The van der Waals surface area contributed by atoms with Crippen LogP contribution in [-0.4, -0.2) is 28.4 Å². The van der Waals surface area contributed by atoms with Crippen molar-refractivity contribution in [3.05, 3.63) is 29.8 Å². The first-order chi connectivity index (χ1) is 7.04. The number of aliphatic hydroxyl groups excluding tert-OH is 1. The summed E-state index contributed by atoms with van der Waals surface area (Å²) in [4.78, 5) is 10.3. The molecular formula is C10H10O5. The number of carboxylic acid groups (broad SMARTS) is 1. The van der Waals surface area contributed by atoms with Crippen molar-refractivity contribution in [1.29, 1.82) is 0 Å². The molecule has 0 atom stereocenters. The van der Waals surface area contributed by atoms with E-state index in [0.717, 1.165) is 0 Å². The van der Waals surface area contributed by atoms with Gasteiger partial charge < -0.3 is 20.1 Å². The van der Waals surface area contributed by atoms with Gasteiger partial charge in [-0.2, -0.15) is 0 Å². The molecule has 0 radical (unpaired) electrons. The first kappa shape index (κ1) is 10.9. The van der Waals surface area contributed by atoms with Gasteiger partial charge in [-0.05, 0) is 18.2 Å². The van der Waals surface area contributed by atoms with Crippen LogP contribution in [0.25, 0.3) is 5.76 Å². The van der Waals surface area contributed by atoms with Crippen molar-refractivity contribution in [3.8, 4) is 11.5 Å². The van der Waals surface area contributed by atoms with Gasteiger partial charge in [-0.15, -0.1) is 0 Å². The van der Waals surface area contributed by atoms with Crippen LogP contribution in [0.15, 0.2) is 24.3 Å². The molecule has 0 aliphatic carbocycles. The minimum Gasteiger partial charge on any atom is -0.507 e. The highest BCUT2D eigenvalue weighted by molar-refractivity contribution is 5.88. The van der Waals surface area contributed by atoms with Crippen molar-refractivity contribution in [3.63, 3.8) is 0 Å². The Morgan fingerprint density at radius 1 is 1.40 bits per heavy atom. The average Bonchev–Trinajstić information content (AvgIpc) is 2.17. The third-order valence-corrected chi connectivity index (χ3v) is 1.74. The molecule has 0 bridgehead atoms. The van der Waals surface area contributed by atoms with Gasteiger partial charge in [0.2, 0.25) is 0 Å². The predicted molar refractivity (Wildman–Crippen MR) is 52.9 cm³/mol. The summed E-state index contributed by atoms with van der Waals surface area (Å²) in [6, 6.07) is 4.02. The fourth-order valence-electron chi connectivity index (χ4n) is 1.04. The summed E-state index contributed by atoms with van der Waals surface area (Å²) in [7, 11) is 1.36. The zero-order valence-electron chi connectivity index (χ0n) is 7.97. The minimum atomic E-state index is -1.25. The zero-order valence-corrected chi connectivity index (χ0v) is 7.97. The van der Waals surface area contributed by atoms with Crippen molar-refractivity contribution in [2.75, 3.05) is 7.11 Å². The average molecular weight is 210 g/mol. The van der Waals surface area contributed by atoms with Crippen LogP contribution in [0.5, 0.6) is 11.5 Å². The van der Waals surface area contributed by atoms with E-state index in [0.29, 0.717) is 6.08 Å². The molecule has 0 aliphatic rings. The van der Waals surface area contributed by atoms with Crippen molar-refractivity contribution >= 4 is 11.7 Å². The van der Waals surface area contributed by atoms with Gasteiger partial charge in [-0.25, -0.2) is 4.79 Å². The van der Waals surface area contributed by atoms with Crippen LogP contribution in [0.2, 0.25) is 0 Å². The first-order valence-corrected chi connectivity index (χ1v) is 4.05. The summed E-state index contributed by atoms with van der Waals surface area (Å²) in [5, 5.41) is 27.0. The summed E-state index contributed by atoms with van der Waals surface area (Å²) < 4.78 is 4.81. The maximum absolute atomic E-state index is 10.3. The van der Waals surface area contributed by atoms with E-state index in [2.05, 4.69) is 0 Å². The molecule has 3 N–H and O–H groups in total. The highest BCUT2D eigenvalue weighted by atomic mass is 16.5. The van der Waals surface area contributed by atoms with Crippen LogP contribution >= 0.6 is 0 Å². The maximum Gasteiger partial charge on any atom is 0.332 e. The lowest BCUT2D eigenvalue weighted by atomic mass is 10.1. The Morgan fingerprint density at radius 2 is 2.07 bits per heavy atom. The van der Waals surface area contributed by atoms with E-state index in [9.17, 15) is 15.0 Å². The Balaban J connectivity index is 3.11. The highest BCUT2D eigenvalue weighted by Crippen LogP contribution is 2.28. The Morgan fingerprint density at radius 3 is 2.60 bits per heavy atom. The molecule has 5 heteroatoms. The molecule has 0 saturated heterocycles. The van der Waals surface area contributed by atoms with Gasteiger partial charge in [0.25, 0.3) is 0 Å². The van der Waals surface area contributed by atoms with Crippen LogP contribution in [-0.2, 0) is 4.79 Å². The minimum absolute atomic E-state index is 0.0793. The number of phenolic OH excluding ortho intramolecular Hbond substituents is 1. The standard InChI is InChI=1S/C10H10O5/c1-15-9-4-6(2-3-7(9)11)8(12)5-10(13)14/h2-5,11-12H,1H3,(H,13,14). The zero-order chi connectivity index (χ0) is 11.4. The van der Waals surface area contributed by atoms with Crippen molar-refractivity contribution in [1.82, 2.24) is 0 Å². The van der Waals surface area contributed by atoms with Gasteiger partial charge in [0.15, 0.2) is 11.5 Å². The van der Waals surface area contributed by atoms with Gasteiger partial charge in [-0.3, -0.25) is 0 Å². The number of phenols is 1. The second-order valence-corrected chi connectivity index (χ2v) is 2.75. The second kappa shape index (κ2) is 4.36. The molecule has 0 aliphatic heterocycles. The molecule has 0 unspecified atom stereocenters. The SMILES string of the molecule is COc1cc(C(O)=CC(=O)O)ccc1O. The Kier molecular flexibility index (Phi) is 3.17. The number of hydrogen-bond donors (Lipinski definition) is 3. The summed E-state index contributed by atoms with van der Waals surface area (Å²) in [5.74, 6) is -1.57. The summed E-state index contributed by atoms with van der Waals surface area (Å²) in [5.41, 5.74) is 0.257. The van der Waals surface area contributed by atoms with Crippen molar-refractivity contribution in [2.45, 2.75) is 0 Å². The quantitative estimate of drug-likeness (QED) is 0.518. The lowest BCUT2D eigenvalue weighted by molar-refractivity contribution is -0.131. The fourth-order valence-corrected chi connectivity index (χ4v) is 1.04. The smallest absolute Gasteiger partial charge is 0.332 e. The summed E-state index contributed by atoms with van der Waals surface area (Å²) >= 11 is 0. The molecule has 0 saturated carbocycles. The highest BCUT2D eigenvalue weighted by Gasteiger charge is 2.06.